The van der Waals surface area contributed by atoms with E-state index < -0.39 is 10.8 Å². The predicted molar refractivity (Wildman–Crippen MR) is 95.2 cm³/mol. The van der Waals surface area contributed by atoms with Gasteiger partial charge in [-0.2, -0.15) is 0 Å². The fraction of sp³-hybridized carbons (Fsp3) is 0.125. The van der Waals surface area contributed by atoms with Crippen LogP contribution >= 0.6 is 22.9 Å². The second-order valence-electron chi connectivity index (χ2n) is 5.25. The molecule has 3 rings (SSSR count). The predicted octanol–water partition coefficient (Wildman–Crippen LogP) is 4.73. The number of aryl methyl sites for hydroxylation is 1. The number of nitro groups is 1. The molecule has 0 bridgehead atoms. The summed E-state index contributed by atoms with van der Waals surface area (Å²) in [5.41, 5.74) is 2.11. The molecule has 0 unspecified atom stereocenters. The standard InChI is InChI=1S/C16H12ClN3O3S/c1-8-6-14-12(7-11(8)17)18-16(24-14)19-15(21)10-4-3-5-13(9(10)2)20(22)23/h3-7H,1-2H3,(H,18,19,21). The number of hydrogen-bond acceptors (Lipinski definition) is 5. The van der Waals surface area contributed by atoms with Gasteiger partial charge in [-0.3, -0.25) is 20.2 Å². The monoisotopic (exact) mass is 361 g/mol. The summed E-state index contributed by atoms with van der Waals surface area (Å²) in [6, 6.07) is 8.06. The Labute approximate surface area is 146 Å². The van der Waals surface area contributed by atoms with Crippen LogP contribution in [0, 0.1) is 24.0 Å². The van der Waals surface area contributed by atoms with Crippen LogP contribution in [-0.2, 0) is 0 Å². The van der Waals surface area contributed by atoms with Crippen molar-refractivity contribution in [2.24, 2.45) is 0 Å². The number of carbonyl (C=O) groups is 1. The number of aromatic nitrogens is 1. The average molecular weight is 362 g/mol. The molecule has 0 radical (unpaired) electrons. The highest BCUT2D eigenvalue weighted by Gasteiger charge is 2.19. The molecule has 0 fully saturated rings. The lowest BCUT2D eigenvalue weighted by Crippen LogP contribution is -2.13. The van der Waals surface area contributed by atoms with Gasteiger partial charge in [-0.05, 0) is 37.6 Å². The van der Waals surface area contributed by atoms with Crippen LogP contribution in [0.5, 0.6) is 0 Å². The zero-order chi connectivity index (χ0) is 17.4. The third kappa shape index (κ3) is 2.95. The SMILES string of the molecule is Cc1cc2sc(NC(=O)c3cccc([N+](=O)[O-])c3C)nc2cc1Cl. The van der Waals surface area contributed by atoms with Crippen LogP contribution in [0.15, 0.2) is 30.3 Å². The van der Waals surface area contributed by atoms with Crippen molar-refractivity contribution in [1.82, 2.24) is 4.98 Å². The minimum Gasteiger partial charge on any atom is -0.298 e. The Morgan fingerprint density at radius 2 is 2.08 bits per heavy atom. The lowest BCUT2D eigenvalue weighted by molar-refractivity contribution is -0.385. The van der Waals surface area contributed by atoms with Crippen LogP contribution in [0.1, 0.15) is 21.5 Å². The minimum atomic E-state index is -0.505. The van der Waals surface area contributed by atoms with Gasteiger partial charge in [0.15, 0.2) is 5.13 Å². The molecular weight excluding hydrogens is 350 g/mol. The fourth-order valence-corrected chi connectivity index (χ4v) is 3.43. The van der Waals surface area contributed by atoms with E-state index in [9.17, 15) is 14.9 Å². The summed E-state index contributed by atoms with van der Waals surface area (Å²) in [5.74, 6) is -0.432. The molecule has 0 aliphatic carbocycles. The van der Waals surface area contributed by atoms with Crippen LogP contribution in [0.3, 0.4) is 0 Å². The summed E-state index contributed by atoms with van der Waals surface area (Å²) in [7, 11) is 0. The Morgan fingerprint density at radius 3 is 2.79 bits per heavy atom. The van der Waals surface area contributed by atoms with Crippen LogP contribution in [0.4, 0.5) is 10.8 Å². The molecule has 122 valence electrons. The van der Waals surface area contributed by atoms with Crippen LogP contribution in [-0.4, -0.2) is 15.8 Å². The number of amides is 1. The number of fused-ring (bicyclic) bond motifs is 1. The van der Waals surface area contributed by atoms with E-state index in [1.165, 1.54) is 23.5 Å². The first kappa shape index (κ1) is 16.4. The molecule has 1 N–H and O–H groups in total. The van der Waals surface area contributed by atoms with E-state index in [-0.39, 0.29) is 11.3 Å². The van der Waals surface area contributed by atoms with Crippen molar-refractivity contribution < 1.29 is 9.72 Å². The van der Waals surface area contributed by atoms with Gasteiger partial charge in [0.1, 0.15) is 0 Å². The summed E-state index contributed by atoms with van der Waals surface area (Å²) in [4.78, 5) is 27.2. The van der Waals surface area contributed by atoms with Crippen molar-refractivity contribution in [2.75, 3.05) is 5.32 Å². The first-order valence-electron chi connectivity index (χ1n) is 6.99. The Kier molecular flexibility index (Phi) is 4.21. The Hall–Kier alpha value is -2.51. The van der Waals surface area contributed by atoms with Crippen molar-refractivity contribution in [1.29, 1.82) is 0 Å². The highest BCUT2D eigenvalue weighted by atomic mass is 35.5. The highest BCUT2D eigenvalue weighted by Crippen LogP contribution is 2.31. The molecule has 0 aliphatic heterocycles. The van der Waals surface area contributed by atoms with Gasteiger partial charge in [-0.15, -0.1) is 0 Å². The summed E-state index contributed by atoms with van der Waals surface area (Å²) in [6.45, 7) is 3.45. The molecular formula is C16H12ClN3O3S. The van der Waals surface area contributed by atoms with Crippen molar-refractivity contribution >= 4 is 49.9 Å². The van der Waals surface area contributed by atoms with E-state index >= 15 is 0 Å². The maximum atomic E-state index is 12.4. The summed E-state index contributed by atoms with van der Waals surface area (Å²) < 4.78 is 0.906. The van der Waals surface area contributed by atoms with E-state index in [1.54, 1.807) is 19.1 Å². The van der Waals surface area contributed by atoms with Gasteiger partial charge >= 0.3 is 0 Å². The normalized spacial score (nSPS) is 10.8. The van der Waals surface area contributed by atoms with E-state index in [1.807, 2.05) is 13.0 Å². The Bertz CT molecular complexity index is 945. The molecule has 0 spiro atoms. The van der Waals surface area contributed by atoms with Gasteiger partial charge in [0.05, 0.1) is 15.1 Å². The van der Waals surface area contributed by atoms with Gasteiger partial charge in [-0.1, -0.05) is 29.0 Å². The zero-order valence-electron chi connectivity index (χ0n) is 12.8. The van der Waals surface area contributed by atoms with Gasteiger partial charge in [0.2, 0.25) is 0 Å². The second-order valence-corrected chi connectivity index (χ2v) is 6.69. The molecule has 1 amide bonds. The van der Waals surface area contributed by atoms with Gasteiger partial charge in [0, 0.05) is 22.2 Å². The maximum Gasteiger partial charge on any atom is 0.273 e. The smallest absolute Gasteiger partial charge is 0.273 e. The first-order valence-corrected chi connectivity index (χ1v) is 8.18. The number of nitro benzene ring substituents is 1. The molecule has 0 aliphatic rings. The second kappa shape index (κ2) is 6.18. The molecule has 24 heavy (non-hydrogen) atoms. The molecule has 0 saturated heterocycles. The number of thiazole rings is 1. The van der Waals surface area contributed by atoms with Crippen LogP contribution < -0.4 is 5.32 Å². The number of benzene rings is 2. The molecule has 3 aromatic rings. The summed E-state index contributed by atoms with van der Waals surface area (Å²) in [6.07, 6.45) is 0. The zero-order valence-corrected chi connectivity index (χ0v) is 14.4. The fourth-order valence-electron chi connectivity index (χ4n) is 2.34. The minimum absolute atomic E-state index is 0.0886. The van der Waals surface area contributed by atoms with Gasteiger partial charge in [0.25, 0.3) is 11.6 Å². The number of rotatable bonds is 3. The highest BCUT2D eigenvalue weighted by molar-refractivity contribution is 7.22. The quantitative estimate of drug-likeness (QED) is 0.540. The van der Waals surface area contributed by atoms with Gasteiger partial charge < -0.3 is 0 Å². The Morgan fingerprint density at radius 1 is 1.33 bits per heavy atom. The molecule has 6 nitrogen and oxygen atoms in total. The third-order valence-electron chi connectivity index (χ3n) is 3.64. The maximum absolute atomic E-state index is 12.4. The van der Waals surface area contributed by atoms with E-state index in [2.05, 4.69) is 10.3 Å². The number of anilines is 1. The number of carbonyl (C=O) groups excluding carboxylic acids is 1. The van der Waals surface area contributed by atoms with Crippen LogP contribution in [0.25, 0.3) is 10.2 Å². The van der Waals surface area contributed by atoms with E-state index in [0.717, 1.165) is 10.3 Å². The van der Waals surface area contributed by atoms with Crippen molar-refractivity contribution in [3.05, 3.63) is 62.2 Å². The largest absolute Gasteiger partial charge is 0.298 e. The number of nitrogens with zero attached hydrogens (tertiary/aromatic N) is 2. The topological polar surface area (TPSA) is 85.1 Å². The van der Waals surface area contributed by atoms with E-state index in [4.69, 9.17) is 11.6 Å². The van der Waals surface area contributed by atoms with Crippen molar-refractivity contribution in [2.45, 2.75) is 13.8 Å². The summed E-state index contributed by atoms with van der Waals surface area (Å²) >= 11 is 7.40. The first-order chi connectivity index (χ1) is 11.4. The van der Waals surface area contributed by atoms with Crippen molar-refractivity contribution in [3.8, 4) is 0 Å². The number of nitrogens with one attached hydrogen (secondary N) is 1. The molecule has 2 aromatic carbocycles. The molecule has 1 aromatic heterocycles. The lowest BCUT2D eigenvalue weighted by Gasteiger charge is -2.05. The molecule has 8 heteroatoms. The molecule has 0 saturated carbocycles. The lowest BCUT2D eigenvalue weighted by atomic mass is 10.1. The van der Waals surface area contributed by atoms with Gasteiger partial charge in [-0.25, -0.2) is 4.98 Å². The average Bonchev–Trinajstić information content (AvgIpc) is 2.88. The summed E-state index contributed by atoms with van der Waals surface area (Å²) in [5, 5.41) is 14.7. The Balaban J connectivity index is 1.93. The molecule has 1 heterocycles. The van der Waals surface area contributed by atoms with Crippen LogP contribution in [0.2, 0.25) is 5.02 Å². The molecule has 0 atom stereocenters. The number of halogens is 1. The van der Waals surface area contributed by atoms with Crippen molar-refractivity contribution in [3.63, 3.8) is 0 Å². The number of hydrogen-bond donors (Lipinski definition) is 1. The van der Waals surface area contributed by atoms with E-state index in [0.29, 0.717) is 21.2 Å². The third-order valence-corrected chi connectivity index (χ3v) is 4.98.